The molecule has 3 nitrogen and oxygen atoms in total. The first-order chi connectivity index (χ1) is 12.4. The Kier molecular flexibility index (Phi) is 7.67. The van der Waals surface area contributed by atoms with Gasteiger partial charge in [-0.05, 0) is 58.5 Å². The Morgan fingerprint density at radius 1 is 1.04 bits per heavy atom. The molecule has 0 aliphatic carbocycles. The van der Waals surface area contributed by atoms with E-state index < -0.39 is 0 Å². The van der Waals surface area contributed by atoms with Crippen LogP contribution < -0.4 is 4.90 Å². The second kappa shape index (κ2) is 9.75. The van der Waals surface area contributed by atoms with Crippen molar-refractivity contribution in [1.29, 1.82) is 0 Å². The van der Waals surface area contributed by atoms with Crippen LogP contribution in [0.4, 0.5) is 5.69 Å². The Morgan fingerprint density at radius 3 is 2.19 bits per heavy atom. The van der Waals surface area contributed by atoms with Crippen LogP contribution in [0.5, 0.6) is 0 Å². The molecule has 3 heteroatoms. The number of anilines is 1. The molecule has 1 saturated heterocycles. The number of ether oxygens (including phenoxy) is 1. The molecule has 1 fully saturated rings. The maximum atomic E-state index is 5.27. The Labute approximate surface area is 159 Å². The molecule has 0 N–H and O–H groups in total. The van der Waals surface area contributed by atoms with Crippen LogP contribution in [0.15, 0.2) is 54.6 Å². The molecule has 142 valence electrons. The van der Waals surface area contributed by atoms with Gasteiger partial charge in [-0.2, -0.15) is 0 Å². The van der Waals surface area contributed by atoms with Gasteiger partial charge in [-0.15, -0.1) is 0 Å². The largest absolute Gasteiger partial charge is 0.359 e. The van der Waals surface area contributed by atoms with Crippen LogP contribution in [-0.4, -0.2) is 44.4 Å². The monoisotopic (exact) mass is 354 g/mol. The van der Waals surface area contributed by atoms with Crippen LogP contribution in [0.3, 0.4) is 0 Å². The third-order valence-corrected chi connectivity index (χ3v) is 5.42. The molecule has 0 radical (unpaired) electrons. The van der Waals surface area contributed by atoms with Crippen LogP contribution in [-0.2, 0) is 11.2 Å². The van der Waals surface area contributed by atoms with Crippen LogP contribution in [0.25, 0.3) is 0 Å². The third-order valence-electron chi connectivity index (χ3n) is 5.42. The van der Waals surface area contributed by atoms with E-state index in [4.69, 9.17) is 4.74 Å². The number of likely N-dealkylation sites (N-methyl/N-ethyl adjacent to an activating group) is 1. The van der Waals surface area contributed by atoms with Crippen LogP contribution in [0.2, 0.25) is 0 Å². The van der Waals surface area contributed by atoms with Gasteiger partial charge >= 0.3 is 0 Å². The molecule has 0 bridgehead atoms. The fraction of sp³-hybridized carbons (Fsp3) is 0.478. The van der Waals surface area contributed by atoms with Gasteiger partial charge in [0.25, 0.3) is 0 Å². The van der Waals surface area contributed by atoms with E-state index in [0.717, 1.165) is 26.3 Å². The van der Waals surface area contributed by atoms with E-state index in [-0.39, 0.29) is 5.54 Å². The van der Waals surface area contributed by atoms with Gasteiger partial charge < -0.3 is 14.5 Å². The van der Waals surface area contributed by atoms with Crippen molar-refractivity contribution in [3.05, 3.63) is 65.7 Å². The lowest BCUT2D eigenvalue weighted by Crippen LogP contribution is -2.42. The summed E-state index contributed by atoms with van der Waals surface area (Å²) in [6, 6.07) is 19.3. The summed E-state index contributed by atoms with van der Waals surface area (Å²) in [7, 11) is 4.32. The first-order valence-corrected chi connectivity index (χ1v) is 9.55. The molecule has 1 heterocycles. The summed E-state index contributed by atoms with van der Waals surface area (Å²) in [5.41, 5.74) is 4.27. The number of rotatable bonds is 5. The quantitative estimate of drug-likeness (QED) is 0.771. The van der Waals surface area contributed by atoms with Gasteiger partial charge in [0.05, 0.1) is 6.61 Å². The van der Waals surface area contributed by atoms with E-state index in [9.17, 15) is 0 Å². The highest BCUT2D eigenvalue weighted by atomic mass is 16.5. The highest BCUT2D eigenvalue weighted by molar-refractivity contribution is 5.47. The lowest BCUT2D eigenvalue weighted by atomic mass is 9.89. The van der Waals surface area contributed by atoms with Crippen molar-refractivity contribution in [2.75, 3.05) is 38.9 Å². The van der Waals surface area contributed by atoms with E-state index in [2.05, 4.69) is 99.3 Å². The summed E-state index contributed by atoms with van der Waals surface area (Å²) >= 11 is 0. The molecule has 3 rings (SSSR count). The number of aryl methyl sites for hydroxylation is 1. The zero-order chi connectivity index (χ0) is 19.0. The average molecular weight is 355 g/mol. The molecule has 0 spiro atoms. The second-order valence-corrected chi connectivity index (χ2v) is 7.54. The first-order valence-electron chi connectivity index (χ1n) is 9.55. The average Bonchev–Trinajstić information content (AvgIpc) is 3.18. The van der Waals surface area contributed by atoms with Gasteiger partial charge in [0.2, 0.25) is 0 Å². The fourth-order valence-corrected chi connectivity index (χ4v) is 3.01. The fourth-order valence-electron chi connectivity index (χ4n) is 3.01. The Bertz CT molecular complexity index is 633. The normalized spacial score (nSPS) is 16.2. The minimum Gasteiger partial charge on any atom is -0.359 e. The number of hydrogen-bond acceptors (Lipinski definition) is 3. The van der Waals surface area contributed by atoms with Crippen molar-refractivity contribution in [3.63, 3.8) is 0 Å². The van der Waals surface area contributed by atoms with Crippen molar-refractivity contribution < 1.29 is 4.74 Å². The molecule has 1 aliphatic heterocycles. The highest BCUT2D eigenvalue weighted by Crippen LogP contribution is 2.21. The molecular weight excluding hydrogens is 320 g/mol. The van der Waals surface area contributed by atoms with Crippen molar-refractivity contribution in [2.24, 2.45) is 0 Å². The number of hydrogen-bond donors (Lipinski definition) is 0. The Balaban J connectivity index is 0.000000189. The second-order valence-electron chi connectivity index (χ2n) is 7.54. The first kappa shape index (κ1) is 20.5. The zero-order valence-electron chi connectivity index (χ0n) is 17.0. The van der Waals surface area contributed by atoms with Gasteiger partial charge in [0.15, 0.2) is 0 Å². The van der Waals surface area contributed by atoms with Crippen molar-refractivity contribution in [1.82, 2.24) is 4.90 Å². The molecule has 2 aromatic carbocycles. The minimum absolute atomic E-state index is 0.279. The van der Waals surface area contributed by atoms with E-state index in [1.807, 2.05) is 0 Å². The minimum atomic E-state index is 0.279. The lowest BCUT2D eigenvalue weighted by molar-refractivity contribution is 0.166. The SMILES string of the molecule is CCC(C)(Cc1ccccc1)N(C)C.Cc1ccc(N2CCOC2)cc1. The van der Waals surface area contributed by atoms with Crippen LogP contribution in [0.1, 0.15) is 31.4 Å². The Hall–Kier alpha value is -1.84. The van der Waals surface area contributed by atoms with Crippen LogP contribution in [0, 0.1) is 6.92 Å². The summed E-state index contributed by atoms with van der Waals surface area (Å²) in [6.07, 6.45) is 2.30. The molecule has 0 amide bonds. The molecule has 1 unspecified atom stereocenters. The smallest absolute Gasteiger partial charge is 0.119 e. The van der Waals surface area contributed by atoms with Crippen molar-refractivity contribution in [2.45, 2.75) is 39.2 Å². The van der Waals surface area contributed by atoms with Crippen molar-refractivity contribution in [3.8, 4) is 0 Å². The van der Waals surface area contributed by atoms with Crippen LogP contribution >= 0.6 is 0 Å². The van der Waals surface area contributed by atoms with E-state index in [1.54, 1.807) is 0 Å². The Morgan fingerprint density at radius 2 is 1.69 bits per heavy atom. The van der Waals surface area contributed by atoms with Crippen molar-refractivity contribution >= 4 is 5.69 Å². The summed E-state index contributed by atoms with van der Waals surface area (Å²) < 4.78 is 5.27. The highest BCUT2D eigenvalue weighted by Gasteiger charge is 2.24. The summed E-state index contributed by atoms with van der Waals surface area (Å²) in [4.78, 5) is 4.56. The number of nitrogens with zero attached hydrogens (tertiary/aromatic N) is 2. The van der Waals surface area contributed by atoms with Gasteiger partial charge in [-0.3, -0.25) is 0 Å². The van der Waals surface area contributed by atoms with E-state index in [1.165, 1.54) is 23.2 Å². The van der Waals surface area contributed by atoms with Gasteiger partial charge in [-0.25, -0.2) is 0 Å². The predicted octanol–water partition coefficient (Wildman–Crippen LogP) is 4.75. The molecular formula is C23H34N2O. The molecule has 26 heavy (non-hydrogen) atoms. The maximum Gasteiger partial charge on any atom is 0.119 e. The summed E-state index contributed by atoms with van der Waals surface area (Å²) in [5, 5.41) is 0. The summed E-state index contributed by atoms with van der Waals surface area (Å²) in [6.45, 7) is 9.28. The standard InChI is InChI=1S/C13H21N.C10H13NO/c1-5-13(2,14(3)4)11-12-9-7-6-8-10-12;1-9-2-4-10(5-3-9)11-6-7-12-8-11/h6-10H,5,11H2,1-4H3;2-5H,6-8H2,1H3. The van der Waals surface area contributed by atoms with Gasteiger partial charge in [0, 0.05) is 17.8 Å². The third kappa shape index (κ3) is 5.86. The molecule has 0 aromatic heterocycles. The number of benzene rings is 2. The molecule has 1 atom stereocenters. The van der Waals surface area contributed by atoms with E-state index in [0.29, 0.717) is 0 Å². The van der Waals surface area contributed by atoms with Gasteiger partial charge in [-0.1, -0.05) is 55.0 Å². The molecule has 1 aliphatic rings. The maximum absolute atomic E-state index is 5.27. The topological polar surface area (TPSA) is 15.7 Å². The van der Waals surface area contributed by atoms with Gasteiger partial charge in [0.1, 0.15) is 6.73 Å². The lowest BCUT2D eigenvalue weighted by Gasteiger charge is -2.35. The predicted molar refractivity (Wildman–Crippen MR) is 112 cm³/mol. The molecule has 2 aromatic rings. The zero-order valence-corrected chi connectivity index (χ0v) is 17.0. The molecule has 0 saturated carbocycles. The summed E-state index contributed by atoms with van der Waals surface area (Å²) in [5.74, 6) is 0. The van der Waals surface area contributed by atoms with E-state index >= 15 is 0 Å².